The lowest BCUT2D eigenvalue weighted by Crippen LogP contribution is -2.50. The number of amides is 2. The van der Waals surface area contributed by atoms with Crippen LogP contribution in [0.4, 0.5) is 0 Å². The van der Waals surface area contributed by atoms with Crippen LogP contribution in [-0.4, -0.2) is 30.1 Å². The zero-order valence-electron chi connectivity index (χ0n) is 15.1. The maximum atomic E-state index is 11.9. The lowest BCUT2D eigenvalue weighted by molar-refractivity contribution is -0.124. The molecule has 0 heterocycles. The lowest BCUT2D eigenvalue weighted by Gasteiger charge is -2.13. The molecule has 7 nitrogen and oxygen atoms in total. The average Bonchev–Trinajstić information content (AvgIpc) is 2.65. The largest absolute Gasteiger partial charge is 0.483 e. The van der Waals surface area contributed by atoms with Crippen LogP contribution in [0.5, 0.6) is 11.5 Å². The van der Waals surface area contributed by atoms with Crippen molar-refractivity contribution >= 4 is 76.9 Å². The van der Waals surface area contributed by atoms with Crippen molar-refractivity contribution in [2.75, 3.05) is 13.2 Å². The first-order valence-corrected chi connectivity index (χ1v) is 10.9. The third-order valence-corrected chi connectivity index (χ3v) is 5.20. The summed E-state index contributed by atoms with van der Waals surface area (Å²) in [4.78, 5) is 23.7. The van der Waals surface area contributed by atoms with Gasteiger partial charge >= 0.3 is 0 Å². The van der Waals surface area contributed by atoms with Gasteiger partial charge in [0, 0.05) is 4.47 Å². The summed E-state index contributed by atoms with van der Waals surface area (Å²) in [5.41, 5.74) is 5.83. The summed E-state index contributed by atoms with van der Waals surface area (Å²) in [6.07, 6.45) is 0. The molecule has 2 aromatic rings. The van der Waals surface area contributed by atoms with E-state index in [4.69, 9.17) is 21.7 Å². The first kappa shape index (κ1) is 23.6. The van der Waals surface area contributed by atoms with E-state index in [9.17, 15) is 9.59 Å². The van der Waals surface area contributed by atoms with Crippen LogP contribution in [0.25, 0.3) is 0 Å². The monoisotopic (exact) mass is 607 g/mol. The summed E-state index contributed by atoms with van der Waals surface area (Å²) in [6, 6.07) is 10.8. The molecule has 0 unspecified atom stereocenters. The van der Waals surface area contributed by atoms with Gasteiger partial charge in [0.05, 0.1) is 8.95 Å². The highest BCUT2D eigenvalue weighted by Gasteiger charge is 2.10. The summed E-state index contributed by atoms with van der Waals surface area (Å²) in [6.45, 7) is 1.47. The van der Waals surface area contributed by atoms with Gasteiger partial charge in [0.1, 0.15) is 11.5 Å². The molecular weight excluding hydrogens is 594 g/mol. The molecule has 0 fully saturated rings. The predicted molar refractivity (Wildman–Crippen MR) is 124 cm³/mol. The number of benzene rings is 2. The number of carbonyl (C=O) groups excluding carboxylic acids is 2. The van der Waals surface area contributed by atoms with Crippen LogP contribution in [0.1, 0.15) is 5.56 Å². The zero-order valence-corrected chi connectivity index (χ0v) is 20.6. The van der Waals surface area contributed by atoms with Gasteiger partial charge in [0.15, 0.2) is 18.3 Å². The third-order valence-electron chi connectivity index (χ3n) is 3.27. The van der Waals surface area contributed by atoms with Crippen LogP contribution >= 0.6 is 60.0 Å². The fourth-order valence-corrected chi connectivity index (χ4v) is 3.89. The van der Waals surface area contributed by atoms with Crippen molar-refractivity contribution in [3.05, 3.63) is 55.4 Å². The van der Waals surface area contributed by atoms with Gasteiger partial charge in [0.2, 0.25) is 0 Å². The van der Waals surface area contributed by atoms with E-state index in [1.165, 1.54) is 0 Å². The van der Waals surface area contributed by atoms with Crippen molar-refractivity contribution in [3.8, 4) is 11.5 Å². The maximum Gasteiger partial charge on any atom is 0.276 e. The zero-order chi connectivity index (χ0) is 21.4. The number of aryl methyl sites for hydroxylation is 1. The van der Waals surface area contributed by atoms with Crippen molar-refractivity contribution in [3.63, 3.8) is 0 Å². The molecule has 0 saturated heterocycles. The second-order valence-corrected chi connectivity index (χ2v) is 8.67. The Labute approximate surface area is 198 Å². The Bertz CT molecular complexity index is 927. The topological polar surface area (TPSA) is 88.7 Å². The quantitative estimate of drug-likeness (QED) is 0.342. The molecule has 0 aliphatic carbocycles. The van der Waals surface area contributed by atoms with Crippen LogP contribution in [0, 0.1) is 6.92 Å². The normalized spacial score (nSPS) is 10.1. The first-order chi connectivity index (χ1) is 13.7. The molecule has 0 aromatic heterocycles. The van der Waals surface area contributed by atoms with Gasteiger partial charge in [-0.05, 0) is 86.9 Å². The molecule has 0 aliphatic rings. The van der Waals surface area contributed by atoms with Crippen molar-refractivity contribution in [2.45, 2.75) is 6.92 Å². The minimum atomic E-state index is -0.480. The predicted octanol–water partition coefficient (Wildman–Crippen LogP) is 3.76. The Hall–Kier alpha value is -1.69. The lowest BCUT2D eigenvalue weighted by atomic mass is 10.2. The van der Waals surface area contributed by atoms with Gasteiger partial charge in [0.25, 0.3) is 11.8 Å². The van der Waals surface area contributed by atoms with E-state index >= 15 is 0 Å². The molecule has 2 amide bonds. The fourth-order valence-electron chi connectivity index (χ4n) is 1.96. The number of nitrogens with one attached hydrogen (secondary N) is 3. The molecular formula is C18H16Br3N3O4S. The summed E-state index contributed by atoms with van der Waals surface area (Å²) in [5.74, 6) is 0.100. The standard InChI is InChI=1S/C18H16Br3N3O4S/c1-10-2-4-14(12(20)6-10)28-9-17(26)23-24-18(29)22-16(25)8-27-15-5-3-11(19)7-13(15)21/h2-7H,8-9H2,1H3,(H,23,26)(H2,22,24,25,29). The van der Waals surface area contributed by atoms with E-state index < -0.39 is 11.8 Å². The molecule has 2 rings (SSSR count). The van der Waals surface area contributed by atoms with Gasteiger partial charge in [-0.25, -0.2) is 0 Å². The van der Waals surface area contributed by atoms with Gasteiger partial charge < -0.3 is 9.47 Å². The molecule has 0 saturated carbocycles. The summed E-state index contributed by atoms with van der Waals surface area (Å²) < 4.78 is 13.2. The van der Waals surface area contributed by atoms with Crippen LogP contribution < -0.4 is 25.6 Å². The van der Waals surface area contributed by atoms with E-state index in [0.29, 0.717) is 16.0 Å². The SMILES string of the molecule is Cc1ccc(OCC(=O)NNC(=S)NC(=O)COc2ccc(Br)cc2Br)c(Br)c1. The molecule has 11 heteroatoms. The number of ether oxygens (including phenoxy) is 2. The molecule has 29 heavy (non-hydrogen) atoms. The second-order valence-electron chi connectivity index (χ2n) is 5.64. The van der Waals surface area contributed by atoms with E-state index in [1.807, 2.05) is 19.1 Å². The molecule has 0 aliphatic heterocycles. The van der Waals surface area contributed by atoms with E-state index in [1.54, 1.807) is 24.3 Å². The Morgan fingerprint density at radius 1 is 0.897 bits per heavy atom. The number of rotatable bonds is 6. The Morgan fingerprint density at radius 2 is 1.48 bits per heavy atom. The third kappa shape index (κ3) is 8.29. The molecule has 2 aromatic carbocycles. The maximum absolute atomic E-state index is 11.9. The van der Waals surface area contributed by atoms with Gasteiger partial charge in [-0.15, -0.1) is 0 Å². The number of hydrazine groups is 1. The van der Waals surface area contributed by atoms with Crippen molar-refractivity contribution in [1.82, 2.24) is 16.2 Å². The highest BCUT2D eigenvalue weighted by molar-refractivity contribution is 9.11. The van der Waals surface area contributed by atoms with Crippen LogP contribution in [0.2, 0.25) is 0 Å². The van der Waals surface area contributed by atoms with Gasteiger partial charge in [-0.1, -0.05) is 22.0 Å². The second kappa shape index (κ2) is 11.5. The highest BCUT2D eigenvalue weighted by atomic mass is 79.9. The van der Waals surface area contributed by atoms with Crippen molar-refractivity contribution in [1.29, 1.82) is 0 Å². The highest BCUT2D eigenvalue weighted by Crippen LogP contribution is 2.28. The molecule has 0 radical (unpaired) electrons. The fraction of sp³-hybridized carbons (Fsp3) is 0.167. The smallest absolute Gasteiger partial charge is 0.276 e. The van der Waals surface area contributed by atoms with Gasteiger partial charge in [-0.2, -0.15) is 0 Å². The number of hydrogen-bond donors (Lipinski definition) is 3. The number of halogens is 3. The minimum absolute atomic E-state index is 0.0710. The summed E-state index contributed by atoms with van der Waals surface area (Å²) in [5, 5.41) is 2.32. The summed E-state index contributed by atoms with van der Waals surface area (Å²) >= 11 is 15.0. The number of thiocarbonyl (C=S) groups is 1. The Balaban J connectivity index is 1.68. The minimum Gasteiger partial charge on any atom is -0.483 e. The van der Waals surface area contributed by atoms with Crippen molar-refractivity contribution < 1.29 is 19.1 Å². The van der Waals surface area contributed by atoms with E-state index in [2.05, 4.69) is 64.0 Å². The van der Waals surface area contributed by atoms with Crippen LogP contribution in [0.3, 0.4) is 0 Å². The van der Waals surface area contributed by atoms with E-state index in [0.717, 1.165) is 14.5 Å². The van der Waals surface area contributed by atoms with E-state index in [-0.39, 0.29) is 18.3 Å². The van der Waals surface area contributed by atoms with Crippen molar-refractivity contribution in [2.24, 2.45) is 0 Å². The molecule has 154 valence electrons. The molecule has 0 bridgehead atoms. The molecule has 0 atom stereocenters. The van der Waals surface area contributed by atoms with Gasteiger partial charge in [-0.3, -0.25) is 25.8 Å². The van der Waals surface area contributed by atoms with Crippen LogP contribution in [0.15, 0.2) is 49.8 Å². The Morgan fingerprint density at radius 3 is 2.10 bits per heavy atom. The molecule has 3 N–H and O–H groups in total. The van der Waals surface area contributed by atoms with Crippen LogP contribution in [-0.2, 0) is 9.59 Å². The Kier molecular flexibility index (Phi) is 9.34. The summed E-state index contributed by atoms with van der Waals surface area (Å²) in [7, 11) is 0. The average molecular weight is 610 g/mol. The molecule has 0 spiro atoms. The first-order valence-electron chi connectivity index (χ1n) is 8.10. The number of carbonyl (C=O) groups is 2. The number of hydrogen-bond acceptors (Lipinski definition) is 5.